The van der Waals surface area contributed by atoms with Crippen LogP contribution in [0.1, 0.15) is 86.5 Å². The van der Waals surface area contributed by atoms with Crippen LogP contribution < -0.4 is 5.32 Å². The van der Waals surface area contributed by atoms with Gasteiger partial charge in [0.1, 0.15) is 0 Å². The molecule has 1 heterocycles. The van der Waals surface area contributed by atoms with E-state index in [0.717, 1.165) is 51.0 Å². The highest BCUT2D eigenvalue weighted by Gasteiger charge is 2.39. The molecule has 4 rings (SSSR count). The molecule has 0 aromatic heterocycles. The predicted molar refractivity (Wildman–Crippen MR) is 161 cm³/mol. The molecule has 1 N–H and O–H groups in total. The molecule has 214 valence electrons. The smallest absolute Gasteiger partial charge is 0.250 e. The van der Waals surface area contributed by atoms with Crippen LogP contribution in [0, 0.1) is 5.92 Å². The molecule has 4 aliphatic rings. The molecule has 8 nitrogen and oxygen atoms in total. The third-order valence-corrected chi connectivity index (χ3v) is 6.95. The van der Waals surface area contributed by atoms with Crippen molar-refractivity contribution in [2.45, 2.75) is 86.5 Å². The Hall–Kier alpha value is -3.38. The molecule has 2 amide bonds. The van der Waals surface area contributed by atoms with E-state index in [1.807, 2.05) is 26.1 Å². The van der Waals surface area contributed by atoms with Crippen LogP contribution in [0.4, 0.5) is 0 Å². The Morgan fingerprint density at radius 1 is 1.28 bits per heavy atom. The first-order valence-electron chi connectivity index (χ1n) is 14.4. The minimum Gasteiger partial charge on any atom is -0.388 e. The number of azide groups is 1. The van der Waals surface area contributed by atoms with Gasteiger partial charge in [0.15, 0.2) is 18.5 Å². The minimum absolute atomic E-state index is 0.403. The van der Waals surface area contributed by atoms with Crippen LogP contribution in [0.25, 0.3) is 10.4 Å². The van der Waals surface area contributed by atoms with E-state index in [-0.39, 0.29) is 0 Å². The topological polar surface area (TPSA) is 101 Å². The first kappa shape index (κ1) is 33.6. The second kappa shape index (κ2) is 18.0. The summed E-state index contributed by atoms with van der Waals surface area (Å²) in [7, 11) is 1.74. The maximum atomic E-state index is 11.3. The average Bonchev–Trinajstić information content (AvgIpc) is 3.63. The van der Waals surface area contributed by atoms with Crippen molar-refractivity contribution in [1.29, 1.82) is 0 Å². The zero-order valence-corrected chi connectivity index (χ0v) is 25.2. The monoisotopic (exact) mass is 537 g/mol. The van der Waals surface area contributed by atoms with Gasteiger partial charge >= 0.3 is 0 Å². The summed E-state index contributed by atoms with van der Waals surface area (Å²) in [5.74, 6) is -0.125. The van der Waals surface area contributed by atoms with Crippen molar-refractivity contribution >= 4 is 18.0 Å². The molecule has 0 aromatic carbocycles. The third kappa shape index (κ3) is 9.39. The van der Waals surface area contributed by atoms with Crippen LogP contribution in [0.5, 0.6) is 0 Å². The Balaban J connectivity index is 0.000000291. The third-order valence-electron chi connectivity index (χ3n) is 6.95. The highest BCUT2D eigenvalue weighted by atomic mass is 16.1. The molecule has 1 atom stereocenters. The average molecular weight is 538 g/mol. The van der Waals surface area contributed by atoms with Crippen molar-refractivity contribution in [3.8, 4) is 0 Å². The van der Waals surface area contributed by atoms with Crippen LogP contribution >= 0.6 is 0 Å². The van der Waals surface area contributed by atoms with E-state index in [2.05, 4.69) is 54.2 Å². The Morgan fingerprint density at radius 3 is 2.49 bits per heavy atom. The quantitative estimate of drug-likeness (QED) is 0.119. The summed E-state index contributed by atoms with van der Waals surface area (Å²) in [6.45, 7) is 19.2. The van der Waals surface area contributed by atoms with Crippen LogP contribution in [0.2, 0.25) is 0 Å². The molecule has 0 saturated heterocycles. The SMILES string of the molecule is C=C[N+]1=C2CC3=C(CCC3)C2=C(C)C1.CC.CCCN(C=O)CCC.CNC1=CC(C)CC=C1C(=O)N=[N+]=[N-]. The van der Waals surface area contributed by atoms with Crippen molar-refractivity contribution in [2.75, 3.05) is 26.7 Å². The van der Waals surface area contributed by atoms with Gasteiger partial charge in [0, 0.05) is 41.9 Å². The zero-order chi connectivity index (χ0) is 29.4. The molecule has 0 bridgehead atoms. The molecule has 8 heteroatoms. The molecule has 39 heavy (non-hydrogen) atoms. The summed E-state index contributed by atoms with van der Waals surface area (Å²) >= 11 is 0. The number of nitrogens with one attached hydrogen (secondary N) is 1. The molecular weight excluding hydrogens is 488 g/mol. The van der Waals surface area contributed by atoms with E-state index in [4.69, 9.17) is 5.53 Å². The molecule has 1 unspecified atom stereocenters. The van der Waals surface area contributed by atoms with Crippen LogP contribution in [0.3, 0.4) is 0 Å². The van der Waals surface area contributed by atoms with Gasteiger partial charge in [-0.3, -0.25) is 9.59 Å². The number of hydrogen-bond donors (Lipinski definition) is 1. The molecule has 0 aromatic rings. The number of likely N-dealkylation sites (N-methyl/N-ethyl adjacent to an activating group) is 1. The fourth-order valence-corrected chi connectivity index (χ4v) is 5.28. The highest BCUT2D eigenvalue weighted by Crippen LogP contribution is 2.43. The number of carbonyl (C=O) groups is 2. The van der Waals surface area contributed by atoms with Gasteiger partial charge in [0.2, 0.25) is 6.41 Å². The summed E-state index contributed by atoms with van der Waals surface area (Å²) in [5.41, 5.74) is 17.4. The van der Waals surface area contributed by atoms with Crippen LogP contribution in [0.15, 0.2) is 63.6 Å². The summed E-state index contributed by atoms with van der Waals surface area (Å²) in [5, 5.41) is 5.98. The fourth-order valence-electron chi connectivity index (χ4n) is 5.28. The Bertz CT molecular complexity index is 1080. The van der Waals surface area contributed by atoms with Gasteiger partial charge in [-0.05, 0) is 74.2 Å². The number of nitrogens with zero attached hydrogens (tertiary/aromatic N) is 5. The highest BCUT2D eigenvalue weighted by molar-refractivity contribution is 6.07. The van der Waals surface area contributed by atoms with E-state index >= 15 is 0 Å². The fraction of sp³-hybridized carbons (Fsp3) is 0.581. The normalized spacial score (nSPS) is 18.5. The van der Waals surface area contributed by atoms with Gasteiger partial charge < -0.3 is 10.2 Å². The number of hydrogen-bond acceptors (Lipinski definition) is 3. The second-order valence-electron chi connectivity index (χ2n) is 9.82. The van der Waals surface area contributed by atoms with Gasteiger partial charge in [0.25, 0.3) is 5.91 Å². The molecule has 0 saturated carbocycles. The van der Waals surface area contributed by atoms with Gasteiger partial charge in [-0.15, -0.1) is 0 Å². The first-order valence-corrected chi connectivity index (χ1v) is 14.4. The van der Waals surface area contributed by atoms with E-state index < -0.39 is 5.91 Å². The van der Waals surface area contributed by atoms with Crippen molar-refractivity contribution in [1.82, 2.24) is 10.2 Å². The molecule has 1 aliphatic heterocycles. The largest absolute Gasteiger partial charge is 0.388 e. The number of fused-ring (bicyclic) bond motifs is 2. The summed E-state index contributed by atoms with van der Waals surface area (Å²) in [6, 6.07) is 0. The predicted octanol–water partition coefficient (Wildman–Crippen LogP) is 6.98. The number of allylic oxidation sites excluding steroid dienone is 5. The molecule has 0 radical (unpaired) electrons. The van der Waals surface area contributed by atoms with Gasteiger partial charge in [-0.2, -0.15) is 4.58 Å². The minimum atomic E-state index is -0.528. The lowest BCUT2D eigenvalue weighted by atomic mass is 9.95. The Morgan fingerprint density at radius 2 is 1.95 bits per heavy atom. The van der Waals surface area contributed by atoms with Gasteiger partial charge in [-0.25, -0.2) is 0 Å². The van der Waals surface area contributed by atoms with Gasteiger partial charge in [-0.1, -0.05) is 52.3 Å². The van der Waals surface area contributed by atoms with E-state index in [1.54, 1.807) is 40.3 Å². The molecular formula is C31H49N6O2+. The van der Waals surface area contributed by atoms with Gasteiger partial charge in [0.05, 0.1) is 12.0 Å². The lowest BCUT2D eigenvalue weighted by Crippen LogP contribution is -2.23. The zero-order valence-electron chi connectivity index (χ0n) is 25.2. The van der Waals surface area contributed by atoms with Crippen molar-refractivity contribution in [3.05, 3.63) is 68.9 Å². The van der Waals surface area contributed by atoms with E-state index in [0.29, 0.717) is 11.5 Å². The summed E-state index contributed by atoms with van der Waals surface area (Å²) in [4.78, 5) is 25.8. The Kier molecular flexibility index (Phi) is 15.5. The molecule has 3 aliphatic carbocycles. The van der Waals surface area contributed by atoms with Crippen molar-refractivity contribution in [2.24, 2.45) is 11.0 Å². The first-order chi connectivity index (χ1) is 18.8. The lowest BCUT2D eigenvalue weighted by molar-refractivity contribution is -0.443. The number of rotatable bonds is 8. The molecule has 0 fully saturated rings. The van der Waals surface area contributed by atoms with Crippen LogP contribution in [-0.4, -0.2) is 54.2 Å². The Labute approximate surface area is 235 Å². The number of carbonyl (C=O) groups excluding carboxylic acids is 2. The van der Waals surface area contributed by atoms with E-state index in [9.17, 15) is 9.59 Å². The standard InChI is InChI=1S/C13H16N.C9H12N4O.C7H15NO.C2H6/c1-3-14-8-9(2)13-11-6-4-5-10(11)7-12(13)14;1-6-3-4-7(8(5-6)11-2)9(14)12-13-10;1-3-5-8(7-9)6-4-2;1-2/h3H,1,4-8H2,2H3;4-6,11H,3H2,1-2H3;7H,3-6H2,1-2H3;1-2H3/q+1;;;. The summed E-state index contributed by atoms with van der Waals surface area (Å²) < 4.78 is 2.32. The van der Waals surface area contributed by atoms with Crippen LogP contribution in [-0.2, 0) is 9.59 Å². The second-order valence-corrected chi connectivity index (χ2v) is 9.82. The number of amides is 2. The van der Waals surface area contributed by atoms with Crippen molar-refractivity contribution in [3.63, 3.8) is 0 Å². The maximum absolute atomic E-state index is 11.3. The maximum Gasteiger partial charge on any atom is 0.250 e. The lowest BCUT2D eigenvalue weighted by Gasteiger charge is -2.16. The molecule has 0 spiro atoms. The van der Waals surface area contributed by atoms with E-state index in [1.165, 1.54) is 31.4 Å². The summed E-state index contributed by atoms with van der Waals surface area (Å²) in [6.07, 6.45) is 14.8. The van der Waals surface area contributed by atoms with Crippen molar-refractivity contribution < 1.29 is 14.2 Å².